The Balaban J connectivity index is 1.24. The maximum absolute atomic E-state index is 12.2. The standard InChI is InChI=1S/C24H30N4O3/c29-23(18-31-21-8-5-7-20(15-21)28-14-6-9-24(28)30)26-17-19-10-11-22(25-16-19)27-12-3-1-2-4-13-27/h5,7-8,10-11,15-16H,1-4,6,9,12-14,17-18H2,(H,26,29). The molecule has 7 nitrogen and oxygen atoms in total. The number of amides is 2. The molecule has 1 N–H and O–H groups in total. The van der Waals surface area contributed by atoms with Gasteiger partial charge in [0.1, 0.15) is 11.6 Å². The average Bonchev–Trinajstić information content (AvgIpc) is 3.05. The van der Waals surface area contributed by atoms with Crippen molar-refractivity contribution in [2.45, 2.75) is 45.1 Å². The van der Waals surface area contributed by atoms with E-state index in [-0.39, 0.29) is 18.4 Å². The minimum atomic E-state index is -0.195. The lowest BCUT2D eigenvalue weighted by molar-refractivity contribution is -0.123. The molecule has 0 unspecified atom stereocenters. The second kappa shape index (κ2) is 10.3. The minimum Gasteiger partial charge on any atom is -0.484 e. The van der Waals surface area contributed by atoms with E-state index >= 15 is 0 Å². The van der Waals surface area contributed by atoms with E-state index < -0.39 is 0 Å². The lowest BCUT2D eigenvalue weighted by Gasteiger charge is -2.21. The van der Waals surface area contributed by atoms with E-state index in [1.54, 1.807) is 11.0 Å². The third-order valence-corrected chi connectivity index (χ3v) is 5.80. The predicted octanol–water partition coefficient (Wildman–Crippen LogP) is 3.28. The first kappa shape index (κ1) is 21.2. The van der Waals surface area contributed by atoms with Gasteiger partial charge in [-0.15, -0.1) is 0 Å². The number of nitrogens with one attached hydrogen (secondary N) is 1. The predicted molar refractivity (Wildman–Crippen MR) is 120 cm³/mol. The molecule has 0 spiro atoms. The average molecular weight is 423 g/mol. The molecule has 1 aromatic heterocycles. The molecule has 0 atom stereocenters. The van der Waals surface area contributed by atoms with Crippen LogP contribution >= 0.6 is 0 Å². The van der Waals surface area contributed by atoms with Gasteiger partial charge in [-0.1, -0.05) is 25.0 Å². The van der Waals surface area contributed by atoms with Crippen LogP contribution in [0.4, 0.5) is 11.5 Å². The molecule has 164 valence electrons. The highest BCUT2D eigenvalue weighted by Crippen LogP contribution is 2.25. The van der Waals surface area contributed by atoms with E-state index in [2.05, 4.69) is 15.2 Å². The molecule has 2 saturated heterocycles. The van der Waals surface area contributed by atoms with Gasteiger partial charge in [0.2, 0.25) is 5.91 Å². The Morgan fingerprint density at radius 3 is 2.58 bits per heavy atom. The van der Waals surface area contributed by atoms with Crippen molar-refractivity contribution in [3.8, 4) is 5.75 Å². The third-order valence-electron chi connectivity index (χ3n) is 5.80. The van der Waals surface area contributed by atoms with E-state index in [0.717, 1.165) is 43.1 Å². The second-order valence-electron chi connectivity index (χ2n) is 8.14. The van der Waals surface area contributed by atoms with Crippen molar-refractivity contribution in [1.82, 2.24) is 10.3 Å². The van der Waals surface area contributed by atoms with Crippen LogP contribution in [0.5, 0.6) is 5.75 Å². The Morgan fingerprint density at radius 1 is 1.03 bits per heavy atom. The lowest BCUT2D eigenvalue weighted by atomic mass is 10.2. The van der Waals surface area contributed by atoms with Crippen LogP contribution in [0.1, 0.15) is 44.1 Å². The fraction of sp³-hybridized carbons (Fsp3) is 0.458. The van der Waals surface area contributed by atoms with Crippen molar-refractivity contribution in [1.29, 1.82) is 0 Å². The quantitative estimate of drug-likeness (QED) is 0.741. The van der Waals surface area contributed by atoms with Crippen LogP contribution in [0.15, 0.2) is 42.6 Å². The largest absolute Gasteiger partial charge is 0.484 e. The summed E-state index contributed by atoms with van der Waals surface area (Å²) >= 11 is 0. The van der Waals surface area contributed by atoms with E-state index in [4.69, 9.17) is 4.74 Å². The maximum atomic E-state index is 12.2. The van der Waals surface area contributed by atoms with Crippen LogP contribution < -0.4 is 19.9 Å². The Morgan fingerprint density at radius 2 is 1.87 bits per heavy atom. The molecule has 0 radical (unpaired) electrons. The van der Waals surface area contributed by atoms with Crippen molar-refractivity contribution in [3.63, 3.8) is 0 Å². The van der Waals surface area contributed by atoms with E-state index in [9.17, 15) is 9.59 Å². The van der Waals surface area contributed by atoms with Crippen LogP contribution in [0.2, 0.25) is 0 Å². The number of nitrogens with zero attached hydrogens (tertiary/aromatic N) is 3. The van der Waals surface area contributed by atoms with Gasteiger partial charge < -0.3 is 19.9 Å². The van der Waals surface area contributed by atoms with Crippen LogP contribution in [0.25, 0.3) is 0 Å². The Hall–Kier alpha value is -3.09. The van der Waals surface area contributed by atoms with Gasteiger partial charge in [-0.2, -0.15) is 0 Å². The zero-order valence-electron chi connectivity index (χ0n) is 17.9. The molecule has 1 aromatic carbocycles. The van der Waals surface area contributed by atoms with Gasteiger partial charge in [-0.05, 0) is 43.0 Å². The first-order chi connectivity index (χ1) is 15.2. The van der Waals surface area contributed by atoms with Crippen molar-refractivity contribution in [2.75, 3.05) is 36.0 Å². The molecule has 2 fully saturated rings. The smallest absolute Gasteiger partial charge is 0.258 e. The number of benzene rings is 1. The van der Waals surface area contributed by atoms with Crippen LogP contribution in [-0.4, -0.2) is 43.0 Å². The molecule has 4 rings (SSSR count). The Bertz CT molecular complexity index is 892. The number of hydrogen-bond donors (Lipinski definition) is 1. The fourth-order valence-electron chi connectivity index (χ4n) is 4.07. The van der Waals surface area contributed by atoms with E-state index in [1.807, 2.05) is 36.5 Å². The van der Waals surface area contributed by atoms with Crippen molar-refractivity contribution in [3.05, 3.63) is 48.2 Å². The summed E-state index contributed by atoms with van der Waals surface area (Å²) in [4.78, 5) is 32.8. The number of carbonyl (C=O) groups excluding carboxylic acids is 2. The Labute approximate surface area is 183 Å². The first-order valence-electron chi connectivity index (χ1n) is 11.2. The summed E-state index contributed by atoms with van der Waals surface area (Å²) in [5.74, 6) is 1.53. The number of pyridine rings is 1. The molecule has 2 aromatic rings. The molecule has 0 saturated carbocycles. The summed E-state index contributed by atoms with van der Waals surface area (Å²) < 4.78 is 5.63. The first-order valence-corrected chi connectivity index (χ1v) is 11.2. The minimum absolute atomic E-state index is 0.0727. The Kier molecular flexibility index (Phi) is 7.02. The zero-order valence-corrected chi connectivity index (χ0v) is 17.9. The maximum Gasteiger partial charge on any atom is 0.258 e. The molecule has 0 aliphatic carbocycles. The van der Waals surface area contributed by atoms with Crippen LogP contribution in [0.3, 0.4) is 0 Å². The van der Waals surface area contributed by atoms with Crippen molar-refractivity contribution >= 4 is 23.3 Å². The summed E-state index contributed by atoms with van der Waals surface area (Å²) in [5.41, 5.74) is 1.78. The van der Waals surface area contributed by atoms with E-state index in [1.165, 1.54) is 25.7 Å². The zero-order chi connectivity index (χ0) is 21.5. The topological polar surface area (TPSA) is 74.8 Å². The summed E-state index contributed by atoms with van der Waals surface area (Å²) in [5, 5.41) is 2.87. The molecule has 3 heterocycles. The SMILES string of the molecule is O=C(COc1cccc(N2CCCC2=O)c1)NCc1ccc(N2CCCCCC2)nc1. The molecule has 31 heavy (non-hydrogen) atoms. The molecule has 7 heteroatoms. The molecular weight excluding hydrogens is 392 g/mol. The van der Waals surface area contributed by atoms with Gasteiger partial charge in [0.05, 0.1) is 0 Å². The molecule has 2 aliphatic heterocycles. The van der Waals surface area contributed by atoms with Crippen molar-refractivity contribution < 1.29 is 14.3 Å². The molecular formula is C24H30N4O3. The molecule has 2 aliphatic rings. The van der Waals surface area contributed by atoms with Crippen molar-refractivity contribution in [2.24, 2.45) is 0 Å². The van der Waals surface area contributed by atoms with Gasteiger partial charge in [0.15, 0.2) is 6.61 Å². The normalized spacial score (nSPS) is 16.8. The number of aromatic nitrogens is 1. The van der Waals surface area contributed by atoms with E-state index in [0.29, 0.717) is 18.7 Å². The number of ether oxygens (including phenoxy) is 1. The van der Waals surface area contributed by atoms with Gasteiger partial charge >= 0.3 is 0 Å². The monoisotopic (exact) mass is 422 g/mol. The second-order valence-corrected chi connectivity index (χ2v) is 8.14. The van der Waals surface area contributed by atoms with Gasteiger partial charge in [0.25, 0.3) is 5.91 Å². The summed E-state index contributed by atoms with van der Waals surface area (Å²) in [6.45, 7) is 3.20. The highest BCUT2D eigenvalue weighted by atomic mass is 16.5. The van der Waals surface area contributed by atoms with Gasteiger partial charge in [0, 0.05) is 50.6 Å². The number of hydrogen-bond acceptors (Lipinski definition) is 5. The molecule has 2 amide bonds. The molecule has 0 bridgehead atoms. The third kappa shape index (κ3) is 5.75. The number of carbonyl (C=O) groups is 2. The summed E-state index contributed by atoms with van der Waals surface area (Å²) in [7, 11) is 0. The summed E-state index contributed by atoms with van der Waals surface area (Å²) in [6.07, 6.45) is 8.32. The van der Waals surface area contributed by atoms with Crippen LogP contribution in [-0.2, 0) is 16.1 Å². The fourth-order valence-corrected chi connectivity index (χ4v) is 4.07. The highest BCUT2D eigenvalue weighted by molar-refractivity contribution is 5.95. The lowest BCUT2D eigenvalue weighted by Crippen LogP contribution is -2.29. The number of anilines is 2. The summed E-state index contributed by atoms with van der Waals surface area (Å²) in [6, 6.07) is 11.4. The van der Waals surface area contributed by atoms with Gasteiger partial charge in [-0.3, -0.25) is 9.59 Å². The van der Waals surface area contributed by atoms with Crippen LogP contribution in [0, 0.1) is 0 Å². The van der Waals surface area contributed by atoms with Gasteiger partial charge in [-0.25, -0.2) is 4.98 Å². The highest BCUT2D eigenvalue weighted by Gasteiger charge is 2.21. The number of rotatable bonds is 7.